The van der Waals surface area contributed by atoms with Crippen molar-refractivity contribution in [3.05, 3.63) is 6.57 Å². The molecular formula is CCdKN+2. The van der Waals surface area contributed by atoms with Gasteiger partial charge >= 0.3 is 78.7 Å². The van der Waals surface area contributed by atoms with Crippen molar-refractivity contribution in [2.24, 2.45) is 0 Å². The second-order valence-electron chi connectivity index (χ2n) is 0. The van der Waals surface area contributed by atoms with Crippen LogP contribution >= 0.6 is 0 Å². The standard InChI is InChI=1S/CN.Cd.K/c1-2;;/q-1;+2;+1. The maximum absolute atomic E-state index is 6.25. The van der Waals surface area contributed by atoms with Crippen LogP contribution in [0.25, 0.3) is 0 Å². The normalized spacial score (nSPS) is 0.500. The number of rotatable bonds is 0. The molecule has 0 fully saturated rings. The van der Waals surface area contributed by atoms with Crippen LogP contribution in [-0.2, 0) is 27.3 Å². The van der Waals surface area contributed by atoms with Crippen molar-refractivity contribution in [2.75, 3.05) is 0 Å². The molecule has 0 spiro atoms. The summed E-state index contributed by atoms with van der Waals surface area (Å²) in [7, 11) is 0. The monoisotopic (exact) mass is 179 g/mol. The van der Waals surface area contributed by atoms with Crippen LogP contribution in [0.2, 0.25) is 0 Å². The summed E-state index contributed by atoms with van der Waals surface area (Å²) in [5.74, 6) is 0. The fourth-order valence-electron chi connectivity index (χ4n) is 0. The molecule has 0 radical (unpaired) electrons. The van der Waals surface area contributed by atoms with E-state index in [0.29, 0.717) is 0 Å². The van der Waals surface area contributed by atoms with Crippen LogP contribution in [0.1, 0.15) is 0 Å². The molecule has 0 atom stereocenters. The van der Waals surface area contributed by atoms with E-state index in [2.05, 4.69) is 0 Å². The van der Waals surface area contributed by atoms with E-state index in [4.69, 9.17) is 11.8 Å². The van der Waals surface area contributed by atoms with Crippen molar-refractivity contribution < 1.29 is 78.7 Å². The van der Waals surface area contributed by atoms with Crippen LogP contribution in [0, 0.1) is 11.8 Å². The van der Waals surface area contributed by atoms with E-state index >= 15 is 0 Å². The molecule has 0 aliphatic rings. The van der Waals surface area contributed by atoms with E-state index < -0.39 is 0 Å². The van der Waals surface area contributed by atoms with Gasteiger partial charge in [-0.25, -0.2) is 0 Å². The Morgan fingerprint density at radius 1 is 1.25 bits per heavy atom. The van der Waals surface area contributed by atoms with Gasteiger partial charge in [-0.3, -0.25) is 0 Å². The summed E-state index contributed by atoms with van der Waals surface area (Å²) >= 11 is 0. The van der Waals surface area contributed by atoms with Crippen molar-refractivity contribution in [1.82, 2.24) is 0 Å². The summed E-state index contributed by atoms with van der Waals surface area (Å²) in [4.78, 5) is 0. The van der Waals surface area contributed by atoms with Crippen molar-refractivity contribution in [2.45, 2.75) is 0 Å². The molecule has 0 saturated carbocycles. The molecule has 1 nitrogen and oxygen atoms in total. The molecule has 0 aliphatic heterocycles. The Labute approximate surface area is 88.3 Å². The third-order valence-corrected chi connectivity index (χ3v) is 0. The van der Waals surface area contributed by atoms with Gasteiger partial charge in [-0.1, -0.05) is 0 Å². The van der Waals surface area contributed by atoms with Gasteiger partial charge in [0.1, 0.15) is 0 Å². The van der Waals surface area contributed by atoms with Crippen LogP contribution in [-0.4, -0.2) is 0 Å². The third kappa shape index (κ3) is 8.97. The minimum atomic E-state index is 0. The maximum Gasteiger partial charge on any atom is 2.00 e. The Kier molecular flexibility index (Phi) is 81.8. The minimum absolute atomic E-state index is 0. The first-order valence-corrected chi connectivity index (χ1v) is 0.224. The number of hydrogen-bond donors (Lipinski definition) is 0. The topological polar surface area (TPSA) is 23.8 Å². The van der Waals surface area contributed by atoms with Crippen molar-refractivity contribution in [3.63, 3.8) is 0 Å². The zero-order chi connectivity index (χ0) is 2.00. The van der Waals surface area contributed by atoms with Crippen LogP contribution in [0.5, 0.6) is 0 Å². The fraction of sp³-hybridized carbons (Fsp3) is 0. The molecule has 0 amide bonds. The molecule has 4 heavy (non-hydrogen) atoms. The maximum atomic E-state index is 6.25. The minimum Gasteiger partial charge on any atom is -0.512 e. The van der Waals surface area contributed by atoms with Gasteiger partial charge in [0.2, 0.25) is 0 Å². The number of hydrogen-bond acceptors (Lipinski definition) is 1. The summed E-state index contributed by atoms with van der Waals surface area (Å²) in [6, 6.07) is 0. The second kappa shape index (κ2) is 19.7. The first-order valence-electron chi connectivity index (χ1n) is 0.224. The average Bonchev–Trinajstić information content (AvgIpc) is 1.00. The zero-order valence-corrected chi connectivity index (χ0v) is 9.81. The van der Waals surface area contributed by atoms with Gasteiger partial charge in [0.25, 0.3) is 0 Å². The van der Waals surface area contributed by atoms with Gasteiger partial charge in [0.05, 0.1) is 0 Å². The van der Waals surface area contributed by atoms with E-state index in [1.54, 1.807) is 0 Å². The zero-order valence-electron chi connectivity index (χ0n) is 2.65. The fourth-order valence-corrected chi connectivity index (χ4v) is 0. The van der Waals surface area contributed by atoms with Crippen molar-refractivity contribution in [3.8, 4) is 0 Å². The Bertz CT molecular complexity index is 12.8. The summed E-state index contributed by atoms with van der Waals surface area (Å²) in [5, 5.41) is 6.25. The molecule has 0 unspecified atom stereocenters. The van der Waals surface area contributed by atoms with Gasteiger partial charge in [0.15, 0.2) is 0 Å². The molecular weight excluding hydrogens is 178 g/mol. The summed E-state index contributed by atoms with van der Waals surface area (Å²) < 4.78 is 0. The quantitative estimate of drug-likeness (QED) is 0.288. The van der Waals surface area contributed by atoms with E-state index in [9.17, 15) is 0 Å². The van der Waals surface area contributed by atoms with E-state index in [1.807, 2.05) is 0 Å². The largest absolute Gasteiger partial charge is 2.00 e. The Morgan fingerprint density at radius 2 is 1.25 bits per heavy atom. The summed E-state index contributed by atoms with van der Waals surface area (Å²) in [5.41, 5.74) is 0. The van der Waals surface area contributed by atoms with Crippen molar-refractivity contribution in [1.29, 1.82) is 5.26 Å². The number of nitrogens with zero attached hydrogens (tertiary/aromatic N) is 1. The second-order valence-corrected chi connectivity index (χ2v) is 0. The summed E-state index contributed by atoms with van der Waals surface area (Å²) in [6.45, 7) is 4.75. The van der Waals surface area contributed by atoms with Crippen LogP contribution < -0.4 is 51.4 Å². The molecule has 0 saturated heterocycles. The van der Waals surface area contributed by atoms with Crippen LogP contribution in [0.3, 0.4) is 0 Å². The molecule has 10 valence electrons. The SMILES string of the molecule is [C-]#N.[Cd+2].[K+]. The van der Waals surface area contributed by atoms with Gasteiger partial charge in [-0.15, -0.1) is 0 Å². The molecule has 0 aromatic carbocycles. The smallest absolute Gasteiger partial charge is 0.512 e. The van der Waals surface area contributed by atoms with Gasteiger partial charge in [0, 0.05) is 0 Å². The van der Waals surface area contributed by atoms with Crippen molar-refractivity contribution >= 4 is 0 Å². The van der Waals surface area contributed by atoms with E-state index in [-0.39, 0.29) is 78.7 Å². The molecule has 0 aromatic heterocycles. The van der Waals surface area contributed by atoms with Gasteiger partial charge < -0.3 is 11.8 Å². The van der Waals surface area contributed by atoms with Crippen LogP contribution in [0.15, 0.2) is 0 Å². The Hall–Kier alpha value is 2.05. The Morgan fingerprint density at radius 3 is 1.25 bits per heavy atom. The molecule has 0 aromatic rings. The first kappa shape index (κ1) is 16.6. The van der Waals surface area contributed by atoms with Crippen LogP contribution in [0.4, 0.5) is 0 Å². The molecule has 0 heterocycles. The molecule has 3 heteroatoms. The van der Waals surface area contributed by atoms with E-state index in [0.717, 1.165) is 0 Å². The first-order chi connectivity index (χ1) is 1.00. The predicted octanol–water partition coefficient (Wildman–Crippen LogP) is -2.90. The molecule has 0 rings (SSSR count). The van der Waals surface area contributed by atoms with E-state index in [1.165, 1.54) is 0 Å². The summed E-state index contributed by atoms with van der Waals surface area (Å²) in [6.07, 6.45) is 0. The Balaban J connectivity index is -0.00000000500. The third-order valence-electron chi connectivity index (χ3n) is 0. The van der Waals surface area contributed by atoms with Gasteiger partial charge in [-0.05, 0) is 0 Å². The average molecular weight is 178 g/mol. The molecule has 0 aliphatic carbocycles. The van der Waals surface area contributed by atoms with Gasteiger partial charge in [-0.2, -0.15) is 0 Å². The molecule has 0 bridgehead atoms. The molecule has 0 N–H and O–H groups in total. The predicted molar refractivity (Wildman–Crippen MR) is 4.97 cm³/mol.